The number of benzene rings is 2. The summed E-state index contributed by atoms with van der Waals surface area (Å²) in [6.45, 7) is 7.56. The molecule has 0 N–H and O–H groups in total. The molecule has 0 bridgehead atoms. The standard InChI is InChI=1S/C28H33N3O3S/c1-33-24-9-7-22(8-10-24)11-12-29-13-15-30(16-14-29)27(32)26-21-25(23-5-3-2-4-6-23)28(35-26)31-17-19-34-20-18-31/h2-10,21H,11-20H2,1H3. The van der Waals surface area contributed by atoms with Gasteiger partial charge >= 0.3 is 0 Å². The summed E-state index contributed by atoms with van der Waals surface area (Å²) in [6.07, 6.45) is 1.01. The summed E-state index contributed by atoms with van der Waals surface area (Å²) >= 11 is 1.63. The first-order chi connectivity index (χ1) is 17.2. The van der Waals surface area contributed by atoms with Crippen LogP contribution in [0.5, 0.6) is 5.75 Å². The van der Waals surface area contributed by atoms with E-state index in [2.05, 4.69) is 52.3 Å². The number of nitrogens with zero attached hydrogens (tertiary/aromatic N) is 3. The number of piperazine rings is 1. The van der Waals surface area contributed by atoms with E-state index < -0.39 is 0 Å². The van der Waals surface area contributed by atoms with Crippen molar-refractivity contribution in [2.45, 2.75) is 6.42 Å². The van der Waals surface area contributed by atoms with Crippen LogP contribution in [0.4, 0.5) is 5.00 Å². The minimum atomic E-state index is 0.154. The topological polar surface area (TPSA) is 45.2 Å². The van der Waals surface area contributed by atoms with Crippen molar-refractivity contribution in [1.29, 1.82) is 0 Å². The molecule has 0 spiro atoms. The van der Waals surface area contributed by atoms with Crippen LogP contribution in [0.1, 0.15) is 15.2 Å². The van der Waals surface area contributed by atoms with Gasteiger partial charge in [-0.05, 0) is 35.7 Å². The molecule has 1 amide bonds. The Balaban J connectivity index is 1.23. The molecule has 3 aromatic rings. The highest BCUT2D eigenvalue weighted by atomic mass is 32.1. The normalized spacial score (nSPS) is 16.9. The monoisotopic (exact) mass is 491 g/mol. The lowest BCUT2D eigenvalue weighted by Crippen LogP contribution is -2.49. The molecular formula is C28H33N3O3S. The van der Waals surface area contributed by atoms with E-state index in [4.69, 9.17) is 9.47 Å². The number of thiophene rings is 1. The average Bonchev–Trinajstić information content (AvgIpc) is 3.39. The molecule has 2 fully saturated rings. The number of anilines is 1. The van der Waals surface area contributed by atoms with Crippen molar-refractivity contribution in [1.82, 2.24) is 9.80 Å². The molecule has 35 heavy (non-hydrogen) atoms. The Morgan fingerprint density at radius 2 is 1.66 bits per heavy atom. The molecule has 0 radical (unpaired) electrons. The van der Waals surface area contributed by atoms with Crippen molar-refractivity contribution in [2.75, 3.05) is 71.0 Å². The Bertz CT molecular complexity index is 1100. The minimum Gasteiger partial charge on any atom is -0.497 e. The third kappa shape index (κ3) is 5.69. The molecule has 0 saturated carbocycles. The van der Waals surface area contributed by atoms with Crippen molar-refractivity contribution >= 4 is 22.2 Å². The molecule has 0 atom stereocenters. The van der Waals surface area contributed by atoms with Gasteiger partial charge in [0.25, 0.3) is 5.91 Å². The zero-order chi connectivity index (χ0) is 24.0. The fourth-order valence-electron chi connectivity index (χ4n) is 4.72. The second-order valence-corrected chi connectivity index (χ2v) is 10.1. The van der Waals surface area contributed by atoms with Crippen molar-refractivity contribution in [2.24, 2.45) is 0 Å². The molecule has 2 aliphatic heterocycles. The molecule has 1 aromatic heterocycles. The zero-order valence-electron chi connectivity index (χ0n) is 20.3. The summed E-state index contributed by atoms with van der Waals surface area (Å²) in [7, 11) is 1.69. The van der Waals surface area contributed by atoms with Crippen molar-refractivity contribution in [3.05, 3.63) is 71.1 Å². The van der Waals surface area contributed by atoms with E-state index in [0.29, 0.717) is 0 Å². The minimum absolute atomic E-state index is 0.154. The molecule has 2 aliphatic rings. The zero-order valence-corrected chi connectivity index (χ0v) is 21.1. The lowest BCUT2D eigenvalue weighted by Gasteiger charge is -2.34. The first kappa shape index (κ1) is 23.9. The Morgan fingerprint density at radius 3 is 2.34 bits per heavy atom. The molecule has 184 valence electrons. The molecule has 0 aliphatic carbocycles. The van der Waals surface area contributed by atoms with Crippen LogP contribution in [0.3, 0.4) is 0 Å². The summed E-state index contributed by atoms with van der Waals surface area (Å²) < 4.78 is 10.8. The highest BCUT2D eigenvalue weighted by Gasteiger charge is 2.26. The van der Waals surface area contributed by atoms with Crippen LogP contribution in [-0.2, 0) is 11.2 Å². The van der Waals surface area contributed by atoms with E-state index in [1.54, 1.807) is 18.4 Å². The summed E-state index contributed by atoms with van der Waals surface area (Å²) in [5.41, 5.74) is 3.62. The van der Waals surface area contributed by atoms with E-state index in [9.17, 15) is 4.79 Å². The molecular weight excluding hydrogens is 458 g/mol. The predicted molar refractivity (Wildman–Crippen MR) is 142 cm³/mol. The van der Waals surface area contributed by atoms with Crippen LogP contribution in [0, 0.1) is 0 Å². The molecule has 5 rings (SSSR count). The van der Waals surface area contributed by atoms with Crippen LogP contribution in [0.15, 0.2) is 60.7 Å². The molecule has 2 aromatic carbocycles. The molecule has 3 heterocycles. The van der Waals surface area contributed by atoms with Gasteiger partial charge in [-0.2, -0.15) is 0 Å². The number of methoxy groups -OCH3 is 1. The average molecular weight is 492 g/mol. The van der Waals surface area contributed by atoms with Gasteiger partial charge in [0.1, 0.15) is 5.75 Å². The third-order valence-electron chi connectivity index (χ3n) is 6.84. The molecule has 7 heteroatoms. The maximum Gasteiger partial charge on any atom is 0.264 e. The van der Waals surface area contributed by atoms with Crippen LogP contribution >= 0.6 is 11.3 Å². The lowest BCUT2D eigenvalue weighted by molar-refractivity contribution is 0.0643. The number of amides is 1. The van der Waals surface area contributed by atoms with E-state index >= 15 is 0 Å². The maximum atomic E-state index is 13.5. The Hall–Kier alpha value is -2.87. The molecule has 2 saturated heterocycles. The Labute approximate surface area is 211 Å². The van der Waals surface area contributed by atoms with Crippen LogP contribution < -0.4 is 9.64 Å². The van der Waals surface area contributed by atoms with Gasteiger partial charge in [0, 0.05) is 51.4 Å². The van der Waals surface area contributed by atoms with Crippen molar-refractivity contribution in [3.8, 4) is 16.9 Å². The van der Waals surface area contributed by atoms with Gasteiger partial charge in [0.2, 0.25) is 0 Å². The number of hydrogen-bond acceptors (Lipinski definition) is 6. The van der Waals surface area contributed by atoms with E-state index in [1.165, 1.54) is 10.6 Å². The van der Waals surface area contributed by atoms with Crippen molar-refractivity contribution < 1.29 is 14.3 Å². The second kappa shape index (κ2) is 11.2. The van der Waals surface area contributed by atoms with Crippen molar-refractivity contribution in [3.63, 3.8) is 0 Å². The SMILES string of the molecule is COc1ccc(CCN2CCN(C(=O)c3cc(-c4ccccc4)c(N4CCOCC4)s3)CC2)cc1. The van der Waals surface area contributed by atoms with Gasteiger partial charge in [-0.3, -0.25) is 9.69 Å². The fourth-order valence-corrected chi connectivity index (χ4v) is 5.92. The summed E-state index contributed by atoms with van der Waals surface area (Å²) in [5.74, 6) is 1.04. The van der Waals surface area contributed by atoms with Gasteiger partial charge < -0.3 is 19.3 Å². The number of ether oxygens (including phenoxy) is 2. The van der Waals surface area contributed by atoms with Crippen LogP contribution in [0.2, 0.25) is 0 Å². The summed E-state index contributed by atoms with van der Waals surface area (Å²) in [4.78, 5) is 21.2. The smallest absolute Gasteiger partial charge is 0.264 e. The largest absolute Gasteiger partial charge is 0.497 e. The predicted octanol–water partition coefficient (Wildman–Crippen LogP) is 4.26. The summed E-state index contributed by atoms with van der Waals surface area (Å²) in [5, 5.41) is 1.18. The van der Waals surface area contributed by atoms with Gasteiger partial charge in [-0.15, -0.1) is 11.3 Å². The van der Waals surface area contributed by atoms with Gasteiger partial charge in [-0.25, -0.2) is 0 Å². The highest BCUT2D eigenvalue weighted by Crippen LogP contribution is 2.40. The van der Waals surface area contributed by atoms with Crippen LogP contribution in [-0.4, -0.2) is 81.8 Å². The first-order valence-corrected chi connectivity index (χ1v) is 13.2. The van der Waals surface area contributed by atoms with Gasteiger partial charge in [0.15, 0.2) is 0 Å². The number of morpholine rings is 1. The Kier molecular flexibility index (Phi) is 7.66. The fraction of sp³-hybridized carbons (Fsp3) is 0.393. The van der Waals surface area contributed by atoms with Gasteiger partial charge in [-0.1, -0.05) is 42.5 Å². The first-order valence-electron chi connectivity index (χ1n) is 12.4. The molecule has 0 unspecified atom stereocenters. The highest BCUT2D eigenvalue weighted by molar-refractivity contribution is 7.18. The van der Waals surface area contributed by atoms with Gasteiger partial charge in [0.05, 0.1) is 30.2 Å². The number of rotatable bonds is 7. The number of carbonyl (C=O) groups excluding carboxylic acids is 1. The number of carbonyl (C=O) groups is 1. The second-order valence-electron chi connectivity index (χ2n) is 9.03. The van der Waals surface area contributed by atoms with E-state index in [1.807, 2.05) is 23.1 Å². The quantitative estimate of drug-likeness (QED) is 0.494. The molecule has 6 nitrogen and oxygen atoms in total. The Morgan fingerprint density at radius 1 is 0.943 bits per heavy atom. The number of hydrogen-bond donors (Lipinski definition) is 0. The lowest BCUT2D eigenvalue weighted by atomic mass is 10.1. The third-order valence-corrected chi connectivity index (χ3v) is 8.03. The maximum absolute atomic E-state index is 13.5. The van der Waals surface area contributed by atoms with E-state index in [0.717, 1.165) is 87.2 Å². The van der Waals surface area contributed by atoms with Crippen LogP contribution in [0.25, 0.3) is 11.1 Å². The van der Waals surface area contributed by atoms with E-state index in [-0.39, 0.29) is 5.91 Å². The summed E-state index contributed by atoms with van der Waals surface area (Å²) in [6, 6.07) is 20.8.